The lowest BCUT2D eigenvalue weighted by Crippen LogP contribution is -2.15. The van der Waals surface area contributed by atoms with Gasteiger partial charge in [-0.3, -0.25) is 4.79 Å². The summed E-state index contributed by atoms with van der Waals surface area (Å²) in [5.74, 6) is 1.10. The van der Waals surface area contributed by atoms with Crippen LogP contribution in [0, 0.1) is 6.92 Å². The molecule has 122 valence electrons. The first-order valence-electron chi connectivity index (χ1n) is 7.61. The number of amides is 1. The maximum atomic E-state index is 12.3. The van der Waals surface area contributed by atoms with E-state index in [4.69, 9.17) is 4.42 Å². The van der Waals surface area contributed by atoms with Crippen LogP contribution < -0.4 is 5.32 Å². The van der Waals surface area contributed by atoms with Crippen molar-refractivity contribution in [2.75, 3.05) is 11.6 Å². The molecule has 1 amide bonds. The van der Waals surface area contributed by atoms with Crippen LogP contribution in [0.1, 0.15) is 11.5 Å². The molecule has 0 aliphatic rings. The molecule has 5 heteroatoms. The van der Waals surface area contributed by atoms with Gasteiger partial charge in [0.25, 0.3) is 0 Å². The Morgan fingerprint density at radius 1 is 1.17 bits per heavy atom. The van der Waals surface area contributed by atoms with E-state index in [0.717, 1.165) is 16.1 Å². The van der Waals surface area contributed by atoms with Gasteiger partial charge in [0.05, 0.1) is 12.1 Å². The fourth-order valence-corrected chi connectivity index (χ4v) is 2.81. The normalized spacial score (nSPS) is 10.6. The number of carbonyl (C=O) groups excluding carboxylic acids is 1. The van der Waals surface area contributed by atoms with Crippen molar-refractivity contribution in [3.8, 4) is 11.5 Å². The van der Waals surface area contributed by atoms with Crippen molar-refractivity contribution in [2.45, 2.75) is 18.2 Å². The molecule has 0 atom stereocenters. The number of thioether (sulfide) groups is 1. The molecule has 1 aromatic heterocycles. The Labute approximate surface area is 145 Å². The van der Waals surface area contributed by atoms with Crippen molar-refractivity contribution in [3.05, 3.63) is 66.1 Å². The van der Waals surface area contributed by atoms with E-state index in [1.807, 2.05) is 67.8 Å². The Bertz CT molecular complexity index is 844. The number of nitrogens with zero attached hydrogens (tertiary/aromatic N) is 1. The van der Waals surface area contributed by atoms with Crippen molar-refractivity contribution in [1.29, 1.82) is 0 Å². The van der Waals surface area contributed by atoms with Crippen LogP contribution in [-0.4, -0.2) is 17.1 Å². The summed E-state index contributed by atoms with van der Waals surface area (Å²) in [6.45, 7) is 1.83. The maximum Gasteiger partial charge on any atom is 0.230 e. The second-order valence-electron chi connectivity index (χ2n) is 5.34. The van der Waals surface area contributed by atoms with Crippen molar-refractivity contribution >= 4 is 23.4 Å². The van der Waals surface area contributed by atoms with Crippen LogP contribution in [-0.2, 0) is 11.2 Å². The molecule has 24 heavy (non-hydrogen) atoms. The van der Waals surface area contributed by atoms with Crippen LogP contribution >= 0.6 is 11.8 Å². The number of hydrogen-bond donors (Lipinski definition) is 1. The fourth-order valence-electron chi connectivity index (χ4n) is 2.35. The first-order chi connectivity index (χ1) is 11.7. The molecule has 0 saturated heterocycles. The molecule has 0 saturated carbocycles. The second kappa shape index (κ2) is 7.36. The topological polar surface area (TPSA) is 55.1 Å². The van der Waals surface area contributed by atoms with Gasteiger partial charge in [-0.05, 0) is 43.5 Å². The summed E-state index contributed by atoms with van der Waals surface area (Å²) in [6, 6.07) is 17.4. The third-order valence-electron chi connectivity index (χ3n) is 3.59. The number of carbonyl (C=O) groups is 1. The molecular formula is C19H18N2O2S. The maximum absolute atomic E-state index is 12.3. The Balaban J connectivity index is 1.71. The minimum atomic E-state index is -0.107. The number of hydrogen-bond acceptors (Lipinski definition) is 4. The highest BCUT2D eigenvalue weighted by molar-refractivity contribution is 7.98. The second-order valence-corrected chi connectivity index (χ2v) is 6.22. The molecule has 2 aromatic carbocycles. The average Bonchev–Trinajstić information content (AvgIpc) is 2.96. The summed E-state index contributed by atoms with van der Waals surface area (Å²) < 4.78 is 5.69. The summed E-state index contributed by atoms with van der Waals surface area (Å²) >= 11 is 1.64. The summed E-state index contributed by atoms with van der Waals surface area (Å²) in [6.07, 6.45) is 2.19. The van der Waals surface area contributed by atoms with Gasteiger partial charge >= 0.3 is 0 Å². The SMILES string of the molecule is CSc1cccc(NC(=O)Cc2nc(-c3ccccc3)oc2C)c1. The van der Waals surface area contributed by atoms with Gasteiger partial charge in [0, 0.05) is 16.1 Å². The first-order valence-corrected chi connectivity index (χ1v) is 8.84. The third-order valence-corrected chi connectivity index (χ3v) is 4.32. The molecule has 1 N–H and O–H groups in total. The van der Waals surface area contributed by atoms with E-state index in [1.54, 1.807) is 11.8 Å². The van der Waals surface area contributed by atoms with Gasteiger partial charge in [-0.1, -0.05) is 24.3 Å². The van der Waals surface area contributed by atoms with Crippen LogP contribution in [0.2, 0.25) is 0 Å². The zero-order valence-electron chi connectivity index (χ0n) is 13.6. The Kier molecular flexibility index (Phi) is 5.01. The lowest BCUT2D eigenvalue weighted by atomic mass is 10.2. The lowest BCUT2D eigenvalue weighted by Gasteiger charge is -2.05. The molecule has 4 nitrogen and oxygen atoms in total. The molecule has 0 spiro atoms. The molecular weight excluding hydrogens is 320 g/mol. The molecule has 0 bridgehead atoms. The number of oxazole rings is 1. The summed E-state index contributed by atoms with van der Waals surface area (Å²) in [5, 5.41) is 2.91. The number of rotatable bonds is 5. The molecule has 3 rings (SSSR count). The quantitative estimate of drug-likeness (QED) is 0.693. The van der Waals surface area contributed by atoms with E-state index >= 15 is 0 Å². The van der Waals surface area contributed by atoms with E-state index in [9.17, 15) is 4.79 Å². The minimum Gasteiger partial charge on any atom is -0.441 e. The van der Waals surface area contributed by atoms with Gasteiger partial charge in [-0.2, -0.15) is 0 Å². The Morgan fingerprint density at radius 3 is 2.71 bits per heavy atom. The zero-order valence-corrected chi connectivity index (χ0v) is 14.4. The average molecular weight is 338 g/mol. The zero-order chi connectivity index (χ0) is 16.9. The summed E-state index contributed by atoms with van der Waals surface area (Å²) in [4.78, 5) is 17.9. The number of nitrogens with one attached hydrogen (secondary N) is 1. The smallest absolute Gasteiger partial charge is 0.230 e. The Hall–Kier alpha value is -2.53. The minimum absolute atomic E-state index is 0.107. The standard InChI is InChI=1S/C19H18N2O2S/c1-13-17(21-19(23-13)14-7-4-3-5-8-14)12-18(22)20-15-9-6-10-16(11-15)24-2/h3-11H,12H2,1-2H3,(H,20,22). The number of aromatic nitrogens is 1. The van der Waals surface area contributed by atoms with E-state index in [-0.39, 0.29) is 12.3 Å². The van der Waals surface area contributed by atoms with Gasteiger partial charge in [-0.15, -0.1) is 11.8 Å². The molecule has 0 aliphatic heterocycles. The molecule has 3 aromatic rings. The van der Waals surface area contributed by atoms with Crippen LogP contribution in [0.4, 0.5) is 5.69 Å². The van der Waals surface area contributed by atoms with Gasteiger partial charge in [0.2, 0.25) is 11.8 Å². The van der Waals surface area contributed by atoms with E-state index in [1.165, 1.54) is 0 Å². The third kappa shape index (κ3) is 3.86. The van der Waals surface area contributed by atoms with E-state index in [2.05, 4.69) is 10.3 Å². The predicted molar refractivity (Wildman–Crippen MR) is 97.2 cm³/mol. The van der Waals surface area contributed by atoms with Gasteiger partial charge in [0.15, 0.2) is 0 Å². The van der Waals surface area contributed by atoms with E-state index in [0.29, 0.717) is 17.3 Å². The fraction of sp³-hybridized carbons (Fsp3) is 0.158. The van der Waals surface area contributed by atoms with Gasteiger partial charge < -0.3 is 9.73 Å². The van der Waals surface area contributed by atoms with E-state index < -0.39 is 0 Å². The number of benzene rings is 2. The van der Waals surface area contributed by atoms with Crippen LogP contribution in [0.25, 0.3) is 11.5 Å². The van der Waals surface area contributed by atoms with Crippen molar-refractivity contribution in [2.24, 2.45) is 0 Å². The number of aryl methyl sites for hydroxylation is 1. The lowest BCUT2D eigenvalue weighted by molar-refractivity contribution is -0.115. The monoisotopic (exact) mass is 338 g/mol. The van der Waals surface area contributed by atoms with Crippen molar-refractivity contribution in [3.63, 3.8) is 0 Å². The van der Waals surface area contributed by atoms with Gasteiger partial charge in [0.1, 0.15) is 5.76 Å². The molecule has 0 radical (unpaired) electrons. The predicted octanol–water partition coefficient (Wildman–Crippen LogP) is 4.55. The number of anilines is 1. The highest BCUT2D eigenvalue weighted by Gasteiger charge is 2.14. The van der Waals surface area contributed by atoms with Crippen molar-refractivity contribution in [1.82, 2.24) is 4.98 Å². The highest BCUT2D eigenvalue weighted by atomic mass is 32.2. The van der Waals surface area contributed by atoms with Crippen LogP contribution in [0.15, 0.2) is 63.9 Å². The summed E-state index contributed by atoms with van der Waals surface area (Å²) in [7, 11) is 0. The van der Waals surface area contributed by atoms with Crippen LogP contribution in [0.3, 0.4) is 0 Å². The molecule has 0 unspecified atom stereocenters. The molecule has 1 heterocycles. The first kappa shape index (κ1) is 16.3. The largest absolute Gasteiger partial charge is 0.441 e. The summed E-state index contributed by atoms with van der Waals surface area (Å²) in [5.41, 5.74) is 2.35. The molecule has 0 aliphatic carbocycles. The van der Waals surface area contributed by atoms with Crippen molar-refractivity contribution < 1.29 is 9.21 Å². The Morgan fingerprint density at radius 2 is 1.96 bits per heavy atom. The van der Waals surface area contributed by atoms with Crippen LogP contribution in [0.5, 0.6) is 0 Å². The highest BCUT2D eigenvalue weighted by Crippen LogP contribution is 2.22. The van der Waals surface area contributed by atoms with Gasteiger partial charge in [-0.25, -0.2) is 4.98 Å². The molecule has 0 fully saturated rings.